The van der Waals surface area contributed by atoms with Crippen molar-refractivity contribution in [2.45, 2.75) is 38.8 Å². The summed E-state index contributed by atoms with van der Waals surface area (Å²) in [7, 11) is -3.86. The Kier molecular flexibility index (Phi) is 7.15. The van der Waals surface area contributed by atoms with Gasteiger partial charge in [-0.05, 0) is 38.8 Å². The second-order valence-corrected chi connectivity index (χ2v) is 8.95. The molecular formula is C20H25N2O8P. The van der Waals surface area contributed by atoms with Crippen LogP contribution in [0.2, 0.25) is 0 Å². The average molecular weight is 452 g/mol. The SMILES string of the molecule is CCOP(=O)(OCC)C1=C(C(=O)O)N2C(=O)[C@@H](NC(=O)COc3ccccc3)[C@H]2CC1. The molecule has 0 aliphatic carbocycles. The summed E-state index contributed by atoms with van der Waals surface area (Å²) in [6.07, 6.45) is 0.423. The number of fused-ring (bicyclic) bond motifs is 1. The topological polar surface area (TPSA) is 131 Å². The smallest absolute Gasteiger partial charge is 0.359 e. The summed E-state index contributed by atoms with van der Waals surface area (Å²) in [6, 6.07) is 7.32. The maximum Gasteiger partial charge on any atom is 0.359 e. The van der Waals surface area contributed by atoms with E-state index in [1.807, 2.05) is 6.07 Å². The van der Waals surface area contributed by atoms with Crippen molar-refractivity contribution in [2.24, 2.45) is 0 Å². The van der Waals surface area contributed by atoms with Crippen molar-refractivity contribution in [3.05, 3.63) is 41.3 Å². The summed E-state index contributed by atoms with van der Waals surface area (Å²) in [4.78, 5) is 38.0. The number of nitrogens with zero attached hydrogens (tertiary/aromatic N) is 1. The van der Waals surface area contributed by atoms with E-state index in [4.69, 9.17) is 13.8 Å². The second kappa shape index (κ2) is 9.64. The first-order valence-electron chi connectivity index (χ1n) is 9.98. The second-order valence-electron chi connectivity index (χ2n) is 6.89. The van der Waals surface area contributed by atoms with E-state index in [0.717, 1.165) is 4.90 Å². The number of ether oxygens (including phenoxy) is 1. The Morgan fingerprint density at radius 2 is 1.84 bits per heavy atom. The third-order valence-corrected chi connectivity index (χ3v) is 7.26. The number of para-hydroxylation sites is 1. The Bertz CT molecular complexity index is 922. The number of allylic oxidation sites excluding steroid dienone is 1. The molecule has 0 saturated carbocycles. The van der Waals surface area contributed by atoms with Crippen molar-refractivity contribution in [2.75, 3.05) is 19.8 Å². The number of hydrogen-bond acceptors (Lipinski definition) is 7. The van der Waals surface area contributed by atoms with Crippen molar-refractivity contribution in [1.29, 1.82) is 0 Å². The summed E-state index contributed by atoms with van der Waals surface area (Å²) in [5.41, 5.74) is -0.391. The highest BCUT2D eigenvalue weighted by molar-refractivity contribution is 7.58. The average Bonchev–Trinajstić information content (AvgIpc) is 2.75. The van der Waals surface area contributed by atoms with Crippen LogP contribution in [0.25, 0.3) is 0 Å². The van der Waals surface area contributed by atoms with Gasteiger partial charge in [0, 0.05) is 0 Å². The predicted octanol–water partition coefficient (Wildman–Crippen LogP) is 2.12. The maximum absolute atomic E-state index is 13.2. The van der Waals surface area contributed by atoms with Gasteiger partial charge in [0.25, 0.3) is 11.8 Å². The van der Waals surface area contributed by atoms with E-state index in [-0.39, 0.29) is 31.6 Å². The van der Waals surface area contributed by atoms with Gasteiger partial charge in [0.1, 0.15) is 17.5 Å². The van der Waals surface area contributed by atoms with Crippen molar-refractivity contribution in [3.63, 3.8) is 0 Å². The third-order valence-electron chi connectivity index (χ3n) is 4.97. The Hall–Kier alpha value is -2.68. The molecule has 2 amide bonds. The highest BCUT2D eigenvalue weighted by atomic mass is 31.2. The molecule has 10 nitrogen and oxygen atoms in total. The molecule has 2 aliphatic heterocycles. The van der Waals surface area contributed by atoms with E-state index in [0.29, 0.717) is 12.2 Å². The summed E-state index contributed by atoms with van der Waals surface area (Å²) in [6.45, 7) is 3.08. The van der Waals surface area contributed by atoms with E-state index in [1.54, 1.807) is 38.1 Å². The zero-order valence-corrected chi connectivity index (χ0v) is 18.2. The first-order valence-corrected chi connectivity index (χ1v) is 11.5. The summed E-state index contributed by atoms with van der Waals surface area (Å²) < 4.78 is 29.1. The number of nitrogens with one attached hydrogen (secondary N) is 1. The van der Waals surface area contributed by atoms with Crippen LogP contribution in [0.4, 0.5) is 0 Å². The van der Waals surface area contributed by atoms with Crippen LogP contribution < -0.4 is 10.1 Å². The Balaban J connectivity index is 1.73. The molecule has 11 heteroatoms. The fourth-order valence-corrected chi connectivity index (χ4v) is 5.66. The van der Waals surface area contributed by atoms with E-state index in [2.05, 4.69) is 5.32 Å². The fraction of sp³-hybridized carbons (Fsp3) is 0.450. The van der Waals surface area contributed by atoms with E-state index < -0.39 is 43.2 Å². The van der Waals surface area contributed by atoms with Gasteiger partial charge < -0.3 is 24.2 Å². The molecule has 1 aromatic rings. The molecule has 2 heterocycles. The maximum atomic E-state index is 13.2. The molecular weight excluding hydrogens is 427 g/mol. The van der Waals surface area contributed by atoms with Crippen LogP contribution in [0.15, 0.2) is 41.3 Å². The Morgan fingerprint density at radius 3 is 2.42 bits per heavy atom. The number of benzene rings is 1. The number of carboxylic acids is 1. The minimum atomic E-state index is -3.86. The van der Waals surface area contributed by atoms with Gasteiger partial charge in [-0.1, -0.05) is 18.2 Å². The lowest BCUT2D eigenvalue weighted by molar-refractivity contribution is -0.156. The summed E-state index contributed by atoms with van der Waals surface area (Å²) in [5.74, 6) is -1.97. The first kappa shape index (κ1) is 23.0. The molecule has 3 rings (SSSR count). The fourth-order valence-electron chi connectivity index (χ4n) is 3.72. The number of aliphatic carboxylic acids is 1. The lowest BCUT2D eigenvalue weighted by Gasteiger charge is -2.50. The number of carboxylic acid groups (broad SMARTS) is 1. The molecule has 0 unspecified atom stereocenters. The van der Waals surface area contributed by atoms with Crippen LogP contribution in [0, 0.1) is 0 Å². The normalized spacial score (nSPS) is 20.7. The Morgan fingerprint density at radius 1 is 1.19 bits per heavy atom. The van der Waals surface area contributed by atoms with Crippen molar-refractivity contribution in [3.8, 4) is 5.75 Å². The van der Waals surface area contributed by atoms with Gasteiger partial charge >= 0.3 is 13.6 Å². The molecule has 2 N–H and O–H groups in total. The number of carbonyl (C=O) groups is 3. The lowest BCUT2D eigenvalue weighted by atomic mass is 9.86. The zero-order chi connectivity index (χ0) is 22.6. The lowest BCUT2D eigenvalue weighted by Crippen LogP contribution is -2.71. The number of amides is 2. The molecule has 0 bridgehead atoms. The van der Waals surface area contributed by atoms with Crippen molar-refractivity contribution >= 4 is 25.4 Å². The minimum absolute atomic E-state index is 0.0227. The molecule has 0 radical (unpaired) electrons. The van der Waals surface area contributed by atoms with Crippen LogP contribution >= 0.6 is 7.60 Å². The Labute approximate surface area is 179 Å². The quantitative estimate of drug-likeness (QED) is 0.408. The summed E-state index contributed by atoms with van der Waals surface area (Å²) in [5, 5.41) is 12.3. The van der Waals surface area contributed by atoms with Gasteiger partial charge in [-0.2, -0.15) is 0 Å². The molecule has 31 heavy (non-hydrogen) atoms. The van der Waals surface area contributed by atoms with Gasteiger partial charge in [-0.25, -0.2) is 4.79 Å². The summed E-state index contributed by atoms with van der Waals surface area (Å²) >= 11 is 0. The van der Waals surface area contributed by atoms with Crippen LogP contribution in [-0.4, -0.2) is 59.7 Å². The molecule has 1 saturated heterocycles. The molecule has 2 atom stereocenters. The minimum Gasteiger partial charge on any atom is -0.484 e. The number of carbonyl (C=O) groups excluding carboxylic acids is 2. The largest absolute Gasteiger partial charge is 0.484 e. The molecule has 168 valence electrons. The van der Waals surface area contributed by atoms with Gasteiger partial charge in [-0.15, -0.1) is 0 Å². The van der Waals surface area contributed by atoms with Crippen molar-refractivity contribution < 1.29 is 37.8 Å². The first-order chi connectivity index (χ1) is 14.8. The highest BCUT2D eigenvalue weighted by Gasteiger charge is 2.55. The standard InChI is InChI=1S/C20H25N2O8P/c1-3-29-31(27,30-4-2)15-11-10-14-17(19(24)22(14)18(15)20(25)26)21-16(23)12-28-13-8-6-5-7-9-13/h5-9,14,17H,3-4,10-12H2,1-2H3,(H,21,23)(H,25,26)/t14-,17+/m1/s1. The van der Waals surface area contributed by atoms with Crippen LogP contribution in [-0.2, 0) is 28.0 Å². The molecule has 2 aliphatic rings. The molecule has 0 spiro atoms. The van der Waals surface area contributed by atoms with Crippen LogP contribution in [0.5, 0.6) is 5.75 Å². The monoisotopic (exact) mass is 452 g/mol. The van der Waals surface area contributed by atoms with Gasteiger partial charge in [0.2, 0.25) is 0 Å². The van der Waals surface area contributed by atoms with Gasteiger partial charge in [0.15, 0.2) is 6.61 Å². The zero-order valence-electron chi connectivity index (χ0n) is 17.3. The van der Waals surface area contributed by atoms with Gasteiger partial charge in [0.05, 0.1) is 24.6 Å². The number of rotatable bonds is 10. The van der Waals surface area contributed by atoms with Gasteiger partial charge in [-0.3, -0.25) is 19.1 Å². The van der Waals surface area contributed by atoms with E-state index in [1.165, 1.54) is 0 Å². The molecule has 0 aromatic heterocycles. The van der Waals surface area contributed by atoms with E-state index in [9.17, 15) is 24.1 Å². The van der Waals surface area contributed by atoms with Crippen molar-refractivity contribution in [1.82, 2.24) is 10.2 Å². The van der Waals surface area contributed by atoms with Crippen LogP contribution in [0.3, 0.4) is 0 Å². The highest BCUT2D eigenvalue weighted by Crippen LogP contribution is 2.61. The predicted molar refractivity (Wildman–Crippen MR) is 109 cm³/mol. The van der Waals surface area contributed by atoms with E-state index >= 15 is 0 Å². The number of β-lactam (4-membered cyclic amide) rings is 1. The van der Waals surface area contributed by atoms with Crippen LogP contribution in [0.1, 0.15) is 26.7 Å². The molecule has 1 aromatic carbocycles. The molecule has 1 fully saturated rings. The number of hydrogen-bond donors (Lipinski definition) is 2. The third kappa shape index (κ3) is 4.66.